The zero-order valence-corrected chi connectivity index (χ0v) is 12.4. The maximum absolute atomic E-state index is 13.4. The van der Waals surface area contributed by atoms with Gasteiger partial charge in [-0.25, -0.2) is 4.39 Å². The monoisotopic (exact) mass is 302 g/mol. The third-order valence-electron chi connectivity index (χ3n) is 3.21. The van der Waals surface area contributed by atoms with Crippen LogP contribution < -0.4 is 15.4 Å². The van der Waals surface area contributed by atoms with E-state index in [1.165, 1.54) is 6.07 Å². The first-order chi connectivity index (χ1) is 10.7. The van der Waals surface area contributed by atoms with E-state index in [2.05, 4.69) is 10.6 Å². The maximum atomic E-state index is 13.4. The van der Waals surface area contributed by atoms with Gasteiger partial charge in [0.15, 0.2) is 0 Å². The topological polar surface area (TPSA) is 50.4 Å². The van der Waals surface area contributed by atoms with Crippen LogP contribution >= 0.6 is 0 Å². The molecular formula is C17H19FN2O2. The SMILES string of the molecule is COc1ccc(CNCC(=O)NCc2ccccc2F)cc1. The van der Waals surface area contributed by atoms with Crippen molar-refractivity contribution < 1.29 is 13.9 Å². The van der Waals surface area contributed by atoms with Gasteiger partial charge < -0.3 is 15.4 Å². The summed E-state index contributed by atoms with van der Waals surface area (Å²) >= 11 is 0. The second-order valence-corrected chi connectivity index (χ2v) is 4.82. The summed E-state index contributed by atoms with van der Waals surface area (Å²) in [6, 6.07) is 14.0. The summed E-state index contributed by atoms with van der Waals surface area (Å²) in [5.41, 5.74) is 1.54. The summed E-state index contributed by atoms with van der Waals surface area (Å²) in [7, 11) is 1.62. The van der Waals surface area contributed by atoms with E-state index in [4.69, 9.17) is 4.74 Å². The summed E-state index contributed by atoms with van der Waals surface area (Å²) in [5.74, 6) is 0.317. The lowest BCUT2D eigenvalue weighted by Gasteiger charge is -2.08. The zero-order chi connectivity index (χ0) is 15.8. The fraction of sp³-hybridized carbons (Fsp3) is 0.235. The smallest absolute Gasteiger partial charge is 0.234 e. The fourth-order valence-corrected chi connectivity index (χ4v) is 1.96. The van der Waals surface area contributed by atoms with Gasteiger partial charge in [-0.1, -0.05) is 30.3 Å². The van der Waals surface area contributed by atoms with E-state index >= 15 is 0 Å². The van der Waals surface area contributed by atoms with Crippen LogP contribution in [0.5, 0.6) is 5.75 Å². The molecule has 2 aromatic carbocycles. The number of amides is 1. The first-order valence-electron chi connectivity index (χ1n) is 7.03. The molecule has 2 N–H and O–H groups in total. The average Bonchev–Trinajstić information content (AvgIpc) is 2.55. The van der Waals surface area contributed by atoms with Crippen LogP contribution in [-0.4, -0.2) is 19.6 Å². The molecule has 0 bridgehead atoms. The molecular weight excluding hydrogens is 283 g/mol. The number of methoxy groups -OCH3 is 1. The third-order valence-corrected chi connectivity index (χ3v) is 3.21. The number of rotatable bonds is 7. The van der Waals surface area contributed by atoms with E-state index in [9.17, 15) is 9.18 Å². The quantitative estimate of drug-likeness (QED) is 0.825. The van der Waals surface area contributed by atoms with Crippen molar-refractivity contribution >= 4 is 5.91 Å². The van der Waals surface area contributed by atoms with Crippen LogP contribution in [0.15, 0.2) is 48.5 Å². The standard InChI is InChI=1S/C17H19FN2O2/c1-22-15-8-6-13(7-9-15)10-19-12-17(21)20-11-14-4-2-3-5-16(14)18/h2-9,19H,10-12H2,1H3,(H,20,21). The maximum Gasteiger partial charge on any atom is 0.234 e. The second-order valence-electron chi connectivity index (χ2n) is 4.82. The highest BCUT2D eigenvalue weighted by Crippen LogP contribution is 2.10. The van der Waals surface area contributed by atoms with Crippen LogP contribution in [0.25, 0.3) is 0 Å². The first kappa shape index (κ1) is 16.0. The van der Waals surface area contributed by atoms with E-state index in [1.54, 1.807) is 25.3 Å². The van der Waals surface area contributed by atoms with Gasteiger partial charge in [0.25, 0.3) is 0 Å². The van der Waals surface area contributed by atoms with Crippen molar-refractivity contribution in [3.63, 3.8) is 0 Å². The number of halogens is 1. The number of nitrogens with one attached hydrogen (secondary N) is 2. The van der Waals surface area contributed by atoms with Crippen LogP contribution in [0, 0.1) is 5.82 Å². The van der Waals surface area contributed by atoms with Gasteiger partial charge >= 0.3 is 0 Å². The molecule has 0 aliphatic heterocycles. The molecule has 0 spiro atoms. The summed E-state index contributed by atoms with van der Waals surface area (Å²) in [6.45, 7) is 0.952. The van der Waals surface area contributed by atoms with E-state index in [0.717, 1.165) is 11.3 Å². The lowest BCUT2D eigenvalue weighted by Crippen LogP contribution is -2.33. The predicted octanol–water partition coefficient (Wildman–Crippen LogP) is 2.24. The molecule has 1 amide bonds. The first-order valence-corrected chi connectivity index (χ1v) is 7.03. The van der Waals surface area contributed by atoms with E-state index in [-0.39, 0.29) is 24.8 Å². The van der Waals surface area contributed by atoms with Crippen molar-refractivity contribution in [2.75, 3.05) is 13.7 Å². The highest BCUT2D eigenvalue weighted by atomic mass is 19.1. The Bertz CT molecular complexity index is 614. The Morgan fingerprint density at radius 1 is 1.09 bits per heavy atom. The molecule has 0 radical (unpaired) electrons. The zero-order valence-electron chi connectivity index (χ0n) is 12.4. The Morgan fingerprint density at radius 3 is 2.50 bits per heavy atom. The second kappa shape index (κ2) is 8.14. The minimum atomic E-state index is -0.311. The van der Waals surface area contributed by atoms with Gasteiger partial charge in [0.1, 0.15) is 11.6 Å². The minimum absolute atomic E-state index is 0.170. The molecule has 2 rings (SSSR count). The van der Waals surface area contributed by atoms with Gasteiger partial charge in [0.05, 0.1) is 13.7 Å². The van der Waals surface area contributed by atoms with Gasteiger partial charge in [-0.05, 0) is 23.8 Å². The molecule has 5 heteroatoms. The molecule has 0 aliphatic rings. The highest BCUT2D eigenvalue weighted by Gasteiger charge is 2.04. The van der Waals surface area contributed by atoms with Crippen molar-refractivity contribution in [1.29, 1.82) is 0 Å². The minimum Gasteiger partial charge on any atom is -0.497 e. The number of hydrogen-bond acceptors (Lipinski definition) is 3. The molecule has 22 heavy (non-hydrogen) atoms. The number of hydrogen-bond donors (Lipinski definition) is 2. The molecule has 0 saturated carbocycles. The van der Waals surface area contributed by atoms with E-state index < -0.39 is 0 Å². The molecule has 0 heterocycles. The molecule has 2 aromatic rings. The van der Waals surface area contributed by atoms with Crippen LogP contribution in [0.1, 0.15) is 11.1 Å². The molecule has 0 saturated heterocycles. The number of ether oxygens (including phenoxy) is 1. The van der Waals surface area contributed by atoms with Gasteiger partial charge in [-0.2, -0.15) is 0 Å². The van der Waals surface area contributed by atoms with E-state index in [1.807, 2.05) is 24.3 Å². The summed E-state index contributed by atoms with van der Waals surface area (Å²) in [4.78, 5) is 11.7. The Balaban J connectivity index is 1.70. The van der Waals surface area contributed by atoms with Crippen LogP contribution in [0.4, 0.5) is 4.39 Å². The van der Waals surface area contributed by atoms with Crippen molar-refractivity contribution in [2.24, 2.45) is 0 Å². The fourth-order valence-electron chi connectivity index (χ4n) is 1.96. The molecule has 4 nitrogen and oxygen atoms in total. The molecule has 0 unspecified atom stereocenters. The average molecular weight is 302 g/mol. The summed E-state index contributed by atoms with van der Waals surface area (Å²) in [6.07, 6.45) is 0. The van der Waals surface area contributed by atoms with Crippen molar-refractivity contribution in [2.45, 2.75) is 13.1 Å². The molecule has 0 atom stereocenters. The Hall–Kier alpha value is -2.40. The molecule has 0 aromatic heterocycles. The molecule has 116 valence electrons. The van der Waals surface area contributed by atoms with Crippen molar-refractivity contribution in [3.05, 3.63) is 65.5 Å². The predicted molar refractivity (Wildman–Crippen MR) is 82.9 cm³/mol. The summed E-state index contributed by atoms with van der Waals surface area (Å²) < 4.78 is 18.5. The van der Waals surface area contributed by atoms with E-state index in [0.29, 0.717) is 12.1 Å². The third kappa shape index (κ3) is 4.86. The van der Waals surface area contributed by atoms with Gasteiger partial charge in [-0.3, -0.25) is 4.79 Å². The number of carbonyl (C=O) groups excluding carboxylic acids is 1. The lowest BCUT2D eigenvalue weighted by molar-refractivity contribution is -0.120. The molecule has 0 aliphatic carbocycles. The van der Waals surface area contributed by atoms with Crippen LogP contribution in [0.2, 0.25) is 0 Å². The summed E-state index contributed by atoms with van der Waals surface area (Å²) in [5, 5.41) is 5.73. The normalized spacial score (nSPS) is 10.3. The van der Waals surface area contributed by atoms with Crippen molar-refractivity contribution in [3.8, 4) is 5.75 Å². The Kier molecular flexibility index (Phi) is 5.91. The molecule has 0 fully saturated rings. The van der Waals surface area contributed by atoms with Crippen LogP contribution in [0.3, 0.4) is 0 Å². The van der Waals surface area contributed by atoms with Crippen molar-refractivity contribution in [1.82, 2.24) is 10.6 Å². The largest absolute Gasteiger partial charge is 0.497 e. The van der Waals surface area contributed by atoms with Gasteiger partial charge in [-0.15, -0.1) is 0 Å². The highest BCUT2D eigenvalue weighted by molar-refractivity contribution is 5.77. The number of benzene rings is 2. The van der Waals surface area contributed by atoms with Gasteiger partial charge in [0.2, 0.25) is 5.91 Å². The van der Waals surface area contributed by atoms with Crippen LogP contribution in [-0.2, 0) is 17.9 Å². The Labute approximate surface area is 129 Å². The lowest BCUT2D eigenvalue weighted by atomic mass is 10.2. The van der Waals surface area contributed by atoms with Gasteiger partial charge in [0, 0.05) is 18.7 Å². The Morgan fingerprint density at radius 2 is 1.82 bits per heavy atom. The number of carbonyl (C=O) groups is 1.